The molecule has 122 valence electrons. The summed E-state index contributed by atoms with van der Waals surface area (Å²) in [5.74, 6) is -0.268. The zero-order chi connectivity index (χ0) is 17.0. The summed E-state index contributed by atoms with van der Waals surface area (Å²) >= 11 is 0. The van der Waals surface area contributed by atoms with Gasteiger partial charge >= 0.3 is 6.09 Å². The van der Waals surface area contributed by atoms with E-state index in [0.29, 0.717) is 6.42 Å². The van der Waals surface area contributed by atoms with Crippen LogP contribution in [0.1, 0.15) is 46.6 Å². The third-order valence-corrected chi connectivity index (χ3v) is 3.38. The van der Waals surface area contributed by atoms with Crippen LogP contribution in [0.2, 0.25) is 0 Å². The third-order valence-electron chi connectivity index (χ3n) is 3.38. The van der Waals surface area contributed by atoms with Crippen LogP contribution < -0.4 is 10.6 Å². The van der Waals surface area contributed by atoms with Gasteiger partial charge in [-0.15, -0.1) is 0 Å². The lowest BCUT2D eigenvalue weighted by molar-refractivity contribution is -0.122. The summed E-state index contributed by atoms with van der Waals surface area (Å²) < 4.78 is 5.23. The van der Waals surface area contributed by atoms with Crippen LogP contribution in [0.3, 0.4) is 0 Å². The maximum absolute atomic E-state index is 12.5. The highest BCUT2D eigenvalue weighted by Gasteiger charge is 2.34. The fraction of sp³-hybridized carbons (Fsp3) is 0.529. The predicted molar refractivity (Wildman–Crippen MR) is 87.9 cm³/mol. The van der Waals surface area contributed by atoms with Crippen LogP contribution in [0.25, 0.3) is 0 Å². The number of aryl methyl sites for hydroxylation is 1. The van der Waals surface area contributed by atoms with Gasteiger partial charge in [0.1, 0.15) is 11.1 Å². The van der Waals surface area contributed by atoms with Gasteiger partial charge in [0.15, 0.2) is 0 Å². The number of anilines is 1. The minimum Gasteiger partial charge on any atom is -0.444 e. The van der Waals surface area contributed by atoms with E-state index in [-0.39, 0.29) is 5.91 Å². The normalized spacial score (nSPS) is 13.9. The highest BCUT2D eigenvalue weighted by Crippen LogP contribution is 2.18. The van der Waals surface area contributed by atoms with Gasteiger partial charge in [0, 0.05) is 5.69 Å². The second-order valence-electron chi connectivity index (χ2n) is 6.58. The van der Waals surface area contributed by atoms with Gasteiger partial charge in [-0.1, -0.05) is 25.1 Å². The maximum atomic E-state index is 12.5. The summed E-state index contributed by atoms with van der Waals surface area (Å²) in [4.78, 5) is 24.5. The average molecular weight is 306 g/mol. The number of benzene rings is 1. The van der Waals surface area contributed by atoms with Crippen LogP contribution in [-0.4, -0.2) is 23.1 Å². The molecule has 0 saturated heterocycles. The molecule has 22 heavy (non-hydrogen) atoms. The quantitative estimate of drug-likeness (QED) is 0.892. The molecule has 0 aliphatic carbocycles. The predicted octanol–water partition coefficient (Wildman–Crippen LogP) is 3.63. The molecule has 1 atom stereocenters. The van der Waals surface area contributed by atoms with E-state index < -0.39 is 17.2 Å². The Kier molecular flexibility index (Phi) is 5.58. The minimum atomic E-state index is -1.04. The van der Waals surface area contributed by atoms with E-state index in [1.165, 1.54) is 0 Å². The average Bonchev–Trinajstić information content (AvgIpc) is 2.38. The number of amides is 2. The summed E-state index contributed by atoms with van der Waals surface area (Å²) in [7, 11) is 0. The second-order valence-corrected chi connectivity index (χ2v) is 6.58. The van der Waals surface area contributed by atoms with Crippen LogP contribution >= 0.6 is 0 Å². The van der Waals surface area contributed by atoms with Crippen LogP contribution in [0.4, 0.5) is 10.5 Å². The lowest BCUT2D eigenvalue weighted by atomic mass is 9.97. The largest absolute Gasteiger partial charge is 0.444 e. The molecule has 2 N–H and O–H groups in total. The van der Waals surface area contributed by atoms with Crippen molar-refractivity contribution in [2.75, 3.05) is 5.32 Å². The molecule has 1 unspecified atom stereocenters. The van der Waals surface area contributed by atoms with Crippen LogP contribution in [0, 0.1) is 6.92 Å². The van der Waals surface area contributed by atoms with E-state index in [1.54, 1.807) is 27.7 Å². The van der Waals surface area contributed by atoms with Gasteiger partial charge in [-0.25, -0.2) is 4.79 Å². The molecule has 0 saturated carbocycles. The molecule has 0 bridgehead atoms. The SMILES string of the molecule is CCC(C)(NC(=O)OC(C)(C)C)C(=O)Nc1ccccc1C. The summed E-state index contributed by atoms with van der Waals surface area (Å²) in [6.07, 6.45) is -0.152. The van der Waals surface area contributed by atoms with Crippen molar-refractivity contribution < 1.29 is 14.3 Å². The first-order chi connectivity index (χ1) is 10.1. The van der Waals surface area contributed by atoms with Crippen molar-refractivity contribution in [1.29, 1.82) is 0 Å². The lowest BCUT2D eigenvalue weighted by Gasteiger charge is -2.30. The topological polar surface area (TPSA) is 67.4 Å². The van der Waals surface area contributed by atoms with Gasteiger partial charge in [0.25, 0.3) is 0 Å². The van der Waals surface area contributed by atoms with Crippen molar-refractivity contribution in [3.8, 4) is 0 Å². The van der Waals surface area contributed by atoms with Crippen molar-refractivity contribution in [3.63, 3.8) is 0 Å². The van der Waals surface area contributed by atoms with Gasteiger partial charge < -0.3 is 15.4 Å². The maximum Gasteiger partial charge on any atom is 0.408 e. The molecule has 0 spiro atoms. The molecular formula is C17H26N2O3. The minimum absolute atomic E-state index is 0.268. The van der Waals surface area contributed by atoms with E-state index in [0.717, 1.165) is 11.3 Å². The first kappa shape index (κ1) is 18.0. The molecule has 5 heteroatoms. The summed E-state index contributed by atoms with van der Waals surface area (Å²) in [6.45, 7) is 10.8. The Morgan fingerprint density at radius 2 is 1.73 bits per heavy atom. The Balaban J connectivity index is 2.82. The van der Waals surface area contributed by atoms with Crippen molar-refractivity contribution in [2.24, 2.45) is 0 Å². The number of rotatable bonds is 4. The molecular weight excluding hydrogens is 280 g/mol. The number of alkyl carbamates (subject to hydrolysis) is 1. The Bertz CT molecular complexity index is 549. The molecule has 0 heterocycles. The molecule has 2 amide bonds. The second kappa shape index (κ2) is 6.81. The van der Waals surface area contributed by atoms with Gasteiger partial charge in [-0.2, -0.15) is 0 Å². The van der Waals surface area contributed by atoms with E-state index in [9.17, 15) is 9.59 Å². The van der Waals surface area contributed by atoms with E-state index in [1.807, 2.05) is 38.1 Å². The number of nitrogens with one attached hydrogen (secondary N) is 2. The van der Waals surface area contributed by atoms with Crippen LogP contribution in [-0.2, 0) is 9.53 Å². The van der Waals surface area contributed by atoms with Crippen molar-refractivity contribution in [2.45, 2.75) is 59.1 Å². The van der Waals surface area contributed by atoms with Gasteiger partial charge in [-0.3, -0.25) is 4.79 Å². The molecule has 0 fully saturated rings. The van der Waals surface area contributed by atoms with Crippen molar-refractivity contribution in [3.05, 3.63) is 29.8 Å². The first-order valence-corrected chi connectivity index (χ1v) is 7.45. The van der Waals surface area contributed by atoms with Gasteiger partial charge in [-0.05, 0) is 52.7 Å². The zero-order valence-corrected chi connectivity index (χ0v) is 14.2. The Morgan fingerprint density at radius 3 is 2.23 bits per heavy atom. The number of carbonyl (C=O) groups is 2. The Morgan fingerprint density at radius 1 is 1.14 bits per heavy atom. The molecule has 0 radical (unpaired) electrons. The van der Waals surface area contributed by atoms with E-state index in [4.69, 9.17) is 4.74 Å². The Labute approximate surface area is 132 Å². The van der Waals surface area contributed by atoms with Crippen LogP contribution in [0.15, 0.2) is 24.3 Å². The number of hydrogen-bond donors (Lipinski definition) is 2. The van der Waals surface area contributed by atoms with E-state index >= 15 is 0 Å². The molecule has 5 nitrogen and oxygen atoms in total. The molecule has 1 aromatic rings. The highest BCUT2D eigenvalue weighted by atomic mass is 16.6. The van der Waals surface area contributed by atoms with Crippen LogP contribution in [0.5, 0.6) is 0 Å². The van der Waals surface area contributed by atoms with Gasteiger partial charge in [0.05, 0.1) is 0 Å². The first-order valence-electron chi connectivity index (χ1n) is 7.45. The molecule has 1 rings (SSSR count). The standard InChI is InChI=1S/C17H26N2O3/c1-7-17(6,19-15(21)22-16(3,4)5)14(20)18-13-11-9-8-10-12(13)2/h8-11H,7H2,1-6H3,(H,18,20)(H,19,21). The lowest BCUT2D eigenvalue weighted by Crippen LogP contribution is -2.55. The third kappa shape index (κ3) is 5.06. The fourth-order valence-corrected chi connectivity index (χ4v) is 1.81. The number of ether oxygens (including phenoxy) is 1. The Hall–Kier alpha value is -2.04. The highest BCUT2D eigenvalue weighted by molar-refractivity contribution is 6.00. The number of hydrogen-bond acceptors (Lipinski definition) is 3. The summed E-state index contributed by atoms with van der Waals surface area (Å²) in [6, 6.07) is 7.51. The number of carbonyl (C=O) groups excluding carboxylic acids is 2. The zero-order valence-electron chi connectivity index (χ0n) is 14.2. The molecule has 1 aromatic carbocycles. The molecule has 0 aliphatic rings. The summed E-state index contributed by atoms with van der Waals surface area (Å²) in [5.41, 5.74) is 0.0558. The molecule has 0 aromatic heterocycles. The van der Waals surface area contributed by atoms with Crippen molar-refractivity contribution in [1.82, 2.24) is 5.32 Å². The van der Waals surface area contributed by atoms with Gasteiger partial charge in [0.2, 0.25) is 5.91 Å². The monoisotopic (exact) mass is 306 g/mol. The smallest absolute Gasteiger partial charge is 0.408 e. The summed E-state index contributed by atoms with van der Waals surface area (Å²) in [5, 5.41) is 5.53. The molecule has 0 aliphatic heterocycles. The van der Waals surface area contributed by atoms with E-state index in [2.05, 4.69) is 10.6 Å². The fourth-order valence-electron chi connectivity index (χ4n) is 1.81. The number of para-hydroxylation sites is 1. The van der Waals surface area contributed by atoms with Crippen molar-refractivity contribution >= 4 is 17.7 Å².